The zero-order chi connectivity index (χ0) is 20.6. The topological polar surface area (TPSA) is 23.5 Å². The predicted octanol–water partition coefficient (Wildman–Crippen LogP) is 7.07. The maximum absolute atomic E-state index is 10.9. The molecule has 0 fully saturated rings. The minimum absolute atomic E-state index is 0.0491. The molecule has 2 aromatic rings. The van der Waals surface area contributed by atoms with E-state index in [0.29, 0.717) is 11.7 Å². The van der Waals surface area contributed by atoms with E-state index in [-0.39, 0.29) is 5.54 Å². The number of phenolic OH excluding ortho intramolecular Hbond substituents is 1. The number of phenols is 1. The Morgan fingerprint density at radius 3 is 2.55 bits per heavy atom. The fourth-order valence-corrected chi connectivity index (χ4v) is 5.30. The van der Waals surface area contributed by atoms with Gasteiger partial charge in [0.25, 0.3) is 0 Å². The van der Waals surface area contributed by atoms with Crippen molar-refractivity contribution in [3.05, 3.63) is 64.7 Å². The maximum Gasteiger partial charge on any atom is 0.119 e. The molecule has 1 unspecified atom stereocenters. The van der Waals surface area contributed by atoms with Crippen molar-refractivity contribution in [3.8, 4) is 5.75 Å². The number of rotatable bonds is 5. The standard InChI is InChI=1S/C27H35NO/c1-19(11-10-14-20-12-6-5-7-13-20)22-17-25-23(18-26(22)29)21-15-8-9-16-24(21)27(2,3)28(25)4/h5-7,12-13,17-19,29H,8-11,14-16H2,1-4H3. The van der Waals surface area contributed by atoms with Crippen LogP contribution in [0.2, 0.25) is 0 Å². The van der Waals surface area contributed by atoms with Gasteiger partial charge < -0.3 is 10.0 Å². The number of nitrogens with zero attached hydrogens (tertiary/aromatic N) is 1. The smallest absolute Gasteiger partial charge is 0.119 e. The third kappa shape index (κ3) is 3.70. The van der Waals surface area contributed by atoms with E-state index in [4.69, 9.17) is 0 Å². The molecule has 1 atom stereocenters. The van der Waals surface area contributed by atoms with Crippen LogP contribution in [0.15, 0.2) is 48.0 Å². The number of aryl methyl sites for hydroxylation is 1. The van der Waals surface area contributed by atoms with Gasteiger partial charge >= 0.3 is 0 Å². The van der Waals surface area contributed by atoms with Crippen LogP contribution in [0.4, 0.5) is 5.69 Å². The van der Waals surface area contributed by atoms with Crippen molar-refractivity contribution in [1.29, 1.82) is 0 Å². The number of likely N-dealkylation sites (N-methyl/N-ethyl adjacent to an activating group) is 1. The normalized spacial score (nSPS) is 19.0. The van der Waals surface area contributed by atoms with Crippen molar-refractivity contribution in [2.45, 2.75) is 77.2 Å². The molecule has 2 heteroatoms. The van der Waals surface area contributed by atoms with E-state index >= 15 is 0 Å². The van der Waals surface area contributed by atoms with E-state index in [9.17, 15) is 5.11 Å². The summed E-state index contributed by atoms with van der Waals surface area (Å²) in [5.41, 5.74) is 8.16. The molecule has 1 N–H and O–H groups in total. The van der Waals surface area contributed by atoms with Crippen molar-refractivity contribution in [2.75, 3.05) is 11.9 Å². The Hall–Kier alpha value is -2.22. The molecule has 0 bridgehead atoms. The van der Waals surface area contributed by atoms with Gasteiger partial charge in [-0.05, 0) is 99.1 Å². The van der Waals surface area contributed by atoms with Gasteiger partial charge in [-0.2, -0.15) is 0 Å². The van der Waals surface area contributed by atoms with E-state index in [1.54, 1.807) is 5.57 Å². The van der Waals surface area contributed by atoms with Gasteiger partial charge in [-0.15, -0.1) is 0 Å². The first kappa shape index (κ1) is 20.1. The van der Waals surface area contributed by atoms with Crippen LogP contribution in [0.1, 0.15) is 81.9 Å². The Bertz CT molecular complexity index is 910. The zero-order valence-electron chi connectivity index (χ0n) is 18.5. The molecule has 2 nitrogen and oxygen atoms in total. The molecule has 1 heterocycles. The summed E-state index contributed by atoms with van der Waals surface area (Å²) in [6.45, 7) is 6.96. The number of allylic oxidation sites excluding steroid dienone is 1. The van der Waals surface area contributed by atoms with Gasteiger partial charge in [-0.3, -0.25) is 0 Å². The van der Waals surface area contributed by atoms with Crippen LogP contribution in [0.5, 0.6) is 5.75 Å². The molecule has 1 aliphatic carbocycles. The largest absolute Gasteiger partial charge is 0.508 e. The Balaban J connectivity index is 1.59. The molecule has 2 aromatic carbocycles. The number of benzene rings is 2. The van der Waals surface area contributed by atoms with Crippen LogP contribution in [-0.2, 0) is 6.42 Å². The summed E-state index contributed by atoms with van der Waals surface area (Å²) >= 11 is 0. The molecular formula is C27H35NO. The zero-order valence-corrected chi connectivity index (χ0v) is 18.5. The molecule has 0 radical (unpaired) electrons. The second-order valence-electron chi connectivity index (χ2n) is 9.49. The first-order valence-electron chi connectivity index (χ1n) is 11.3. The SMILES string of the molecule is CC(CCCc1ccccc1)c1cc2c(cc1O)C1=C(CCCC1)C(C)(C)N2C. The molecule has 154 valence electrons. The van der Waals surface area contributed by atoms with Crippen molar-refractivity contribution in [2.24, 2.45) is 0 Å². The first-order valence-corrected chi connectivity index (χ1v) is 11.3. The summed E-state index contributed by atoms with van der Waals surface area (Å²) in [4.78, 5) is 2.44. The fourth-order valence-electron chi connectivity index (χ4n) is 5.30. The van der Waals surface area contributed by atoms with Crippen molar-refractivity contribution in [1.82, 2.24) is 0 Å². The van der Waals surface area contributed by atoms with Crippen LogP contribution in [-0.4, -0.2) is 17.7 Å². The summed E-state index contributed by atoms with van der Waals surface area (Å²) in [7, 11) is 2.22. The molecule has 2 aliphatic rings. The summed E-state index contributed by atoms with van der Waals surface area (Å²) in [6.07, 6.45) is 8.20. The second-order valence-corrected chi connectivity index (χ2v) is 9.49. The highest BCUT2D eigenvalue weighted by atomic mass is 16.3. The minimum Gasteiger partial charge on any atom is -0.508 e. The summed E-state index contributed by atoms with van der Waals surface area (Å²) in [5.74, 6) is 0.823. The lowest BCUT2D eigenvalue weighted by Gasteiger charge is -2.47. The first-order chi connectivity index (χ1) is 13.9. The van der Waals surface area contributed by atoms with Crippen LogP contribution >= 0.6 is 0 Å². The van der Waals surface area contributed by atoms with Gasteiger partial charge in [0.1, 0.15) is 5.75 Å². The molecule has 0 spiro atoms. The van der Waals surface area contributed by atoms with Crippen molar-refractivity contribution < 1.29 is 5.11 Å². The van der Waals surface area contributed by atoms with E-state index < -0.39 is 0 Å². The molecule has 0 saturated heterocycles. The lowest BCUT2D eigenvalue weighted by molar-refractivity contribution is 0.457. The van der Waals surface area contributed by atoms with Crippen LogP contribution in [0, 0.1) is 0 Å². The average Bonchev–Trinajstić information content (AvgIpc) is 2.73. The van der Waals surface area contributed by atoms with Crippen molar-refractivity contribution in [3.63, 3.8) is 0 Å². The number of aromatic hydroxyl groups is 1. The Labute approximate surface area is 176 Å². The van der Waals surface area contributed by atoms with Gasteiger partial charge in [-0.25, -0.2) is 0 Å². The van der Waals surface area contributed by atoms with Gasteiger partial charge in [0.15, 0.2) is 0 Å². The quantitative estimate of drug-likeness (QED) is 0.591. The lowest BCUT2D eigenvalue weighted by atomic mass is 9.73. The van der Waals surface area contributed by atoms with Gasteiger partial charge in [-0.1, -0.05) is 37.3 Å². The molecule has 0 aromatic heterocycles. The molecule has 29 heavy (non-hydrogen) atoms. The monoisotopic (exact) mass is 389 g/mol. The van der Waals surface area contributed by atoms with E-state index in [2.05, 4.69) is 75.2 Å². The number of hydrogen-bond acceptors (Lipinski definition) is 2. The van der Waals surface area contributed by atoms with Crippen LogP contribution in [0.25, 0.3) is 5.57 Å². The molecule has 0 amide bonds. The van der Waals surface area contributed by atoms with E-state index in [0.717, 1.165) is 31.2 Å². The predicted molar refractivity (Wildman–Crippen MR) is 124 cm³/mol. The fraction of sp³-hybridized carbons (Fsp3) is 0.481. The Morgan fingerprint density at radius 2 is 1.79 bits per heavy atom. The van der Waals surface area contributed by atoms with Gasteiger partial charge in [0.2, 0.25) is 0 Å². The molecular weight excluding hydrogens is 354 g/mol. The highest BCUT2D eigenvalue weighted by Gasteiger charge is 2.38. The Kier molecular flexibility index (Phi) is 5.46. The lowest BCUT2D eigenvalue weighted by Crippen LogP contribution is -2.46. The van der Waals surface area contributed by atoms with Crippen LogP contribution in [0.3, 0.4) is 0 Å². The van der Waals surface area contributed by atoms with Gasteiger partial charge in [0.05, 0.1) is 5.54 Å². The third-order valence-electron chi connectivity index (χ3n) is 7.35. The summed E-state index contributed by atoms with van der Waals surface area (Å²) in [5, 5.41) is 10.9. The third-order valence-corrected chi connectivity index (χ3v) is 7.35. The molecule has 0 saturated carbocycles. The highest BCUT2D eigenvalue weighted by molar-refractivity contribution is 5.86. The van der Waals surface area contributed by atoms with E-state index in [1.807, 2.05) is 0 Å². The summed E-state index contributed by atoms with van der Waals surface area (Å²) in [6, 6.07) is 15.0. The van der Waals surface area contributed by atoms with Crippen molar-refractivity contribution >= 4 is 11.3 Å². The second kappa shape index (κ2) is 7.89. The Morgan fingerprint density at radius 1 is 1.07 bits per heavy atom. The highest BCUT2D eigenvalue weighted by Crippen LogP contribution is 2.50. The molecule has 4 rings (SSSR count). The summed E-state index contributed by atoms with van der Waals surface area (Å²) < 4.78 is 0. The number of anilines is 1. The molecule has 1 aliphatic heterocycles. The maximum atomic E-state index is 10.9. The number of fused-ring (bicyclic) bond motifs is 2. The average molecular weight is 390 g/mol. The van der Waals surface area contributed by atoms with E-state index in [1.165, 1.54) is 41.6 Å². The van der Waals surface area contributed by atoms with Crippen LogP contribution < -0.4 is 4.90 Å². The number of hydrogen-bond donors (Lipinski definition) is 1. The minimum atomic E-state index is 0.0491. The van der Waals surface area contributed by atoms with Gasteiger partial charge in [0, 0.05) is 18.3 Å².